The highest BCUT2D eigenvalue weighted by molar-refractivity contribution is 6.04. The molecule has 0 aromatic heterocycles. The quantitative estimate of drug-likeness (QED) is 0.880. The Labute approximate surface area is 140 Å². The molecule has 0 radical (unpaired) electrons. The summed E-state index contributed by atoms with van der Waals surface area (Å²) in [5.41, 5.74) is 2.66. The van der Waals surface area contributed by atoms with Gasteiger partial charge in [0.05, 0.1) is 0 Å². The highest BCUT2D eigenvalue weighted by Crippen LogP contribution is 2.24. The average molecular weight is 322 g/mol. The largest absolute Gasteiger partial charge is 0.324 e. The van der Waals surface area contributed by atoms with Crippen molar-refractivity contribution in [2.45, 2.75) is 26.4 Å². The van der Waals surface area contributed by atoms with E-state index in [1.54, 1.807) is 42.2 Å². The van der Waals surface area contributed by atoms with E-state index >= 15 is 0 Å². The van der Waals surface area contributed by atoms with E-state index in [-0.39, 0.29) is 17.6 Å². The van der Waals surface area contributed by atoms with Gasteiger partial charge in [-0.25, -0.2) is 0 Å². The molecule has 0 saturated carbocycles. The second-order valence-corrected chi connectivity index (χ2v) is 5.89. The van der Waals surface area contributed by atoms with Gasteiger partial charge < -0.3 is 10.2 Å². The van der Waals surface area contributed by atoms with Gasteiger partial charge in [-0.15, -0.1) is 0 Å². The van der Waals surface area contributed by atoms with Crippen LogP contribution in [0.2, 0.25) is 0 Å². The van der Waals surface area contributed by atoms with E-state index in [9.17, 15) is 14.4 Å². The zero-order valence-electron chi connectivity index (χ0n) is 13.6. The molecule has 3 rings (SSSR count). The third kappa shape index (κ3) is 2.93. The van der Waals surface area contributed by atoms with Gasteiger partial charge in [0.2, 0.25) is 5.91 Å². The summed E-state index contributed by atoms with van der Waals surface area (Å²) in [4.78, 5) is 37.9. The van der Waals surface area contributed by atoms with Crippen LogP contribution < -0.4 is 5.32 Å². The Morgan fingerprint density at radius 3 is 2.58 bits per heavy atom. The fourth-order valence-electron chi connectivity index (χ4n) is 2.79. The van der Waals surface area contributed by atoms with Crippen LogP contribution in [0.15, 0.2) is 48.5 Å². The first-order valence-electron chi connectivity index (χ1n) is 7.78. The minimum atomic E-state index is -0.606. The molecule has 5 nitrogen and oxygen atoms in total. The van der Waals surface area contributed by atoms with Crippen molar-refractivity contribution in [2.24, 2.45) is 0 Å². The Hall–Kier alpha value is -2.95. The predicted molar refractivity (Wildman–Crippen MR) is 90.9 cm³/mol. The summed E-state index contributed by atoms with van der Waals surface area (Å²) >= 11 is 0. The fraction of sp³-hybridized carbons (Fsp3) is 0.211. The Balaban J connectivity index is 1.73. The molecule has 5 heteroatoms. The van der Waals surface area contributed by atoms with Gasteiger partial charge in [0, 0.05) is 23.4 Å². The Morgan fingerprint density at radius 1 is 1.12 bits per heavy atom. The summed E-state index contributed by atoms with van der Waals surface area (Å²) in [5.74, 6) is -0.480. The molecule has 2 amide bonds. The van der Waals surface area contributed by atoms with E-state index in [0.29, 0.717) is 23.4 Å². The first-order chi connectivity index (χ1) is 11.5. The number of hydrogen-bond donors (Lipinski definition) is 1. The van der Waals surface area contributed by atoms with Gasteiger partial charge in [0.15, 0.2) is 5.78 Å². The van der Waals surface area contributed by atoms with Gasteiger partial charge in [0.1, 0.15) is 6.04 Å². The van der Waals surface area contributed by atoms with Crippen molar-refractivity contribution in [3.8, 4) is 0 Å². The third-order valence-electron chi connectivity index (χ3n) is 4.23. The summed E-state index contributed by atoms with van der Waals surface area (Å²) in [6, 6.07) is 13.5. The van der Waals surface area contributed by atoms with Gasteiger partial charge in [-0.2, -0.15) is 0 Å². The molecule has 1 aliphatic heterocycles. The van der Waals surface area contributed by atoms with E-state index in [0.717, 1.165) is 5.56 Å². The third-order valence-corrected chi connectivity index (χ3v) is 4.23. The molecule has 0 spiro atoms. The molecule has 1 atom stereocenters. The molecule has 2 aromatic rings. The van der Waals surface area contributed by atoms with Crippen molar-refractivity contribution in [1.82, 2.24) is 4.90 Å². The van der Waals surface area contributed by atoms with Gasteiger partial charge in [0.25, 0.3) is 5.91 Å². The summed E-state index contributed by atoms with van der Waals surface area (Å²) in [7, 11) is 0. The Morgan fingerprint density at radius 2 is 1.88 bits per heavy atom. The molecule has 1 N–H and O–H groups in total. The van der Waals surface area contributed by atoms with E-state index in [1.807, 2.05) is 18.2 Å². The fourth-order valence-corrected chi connectivity index (χ4v) is 2.79. The number of carbonyl (C=O) groups is 3. The number of amides is 2. The molecule has 1 aliphatic rings. The monoisotopic (exact) mass is 322 g/mol. The molecular formula is C19H18N2O3. The SMILES string of the molecule is CC(=O)c1cccc(NC(=O)[C@@H](C)N2Cc3ccccc3C2=O)c1. The highest BCUT2D eigenvalue weighted by atomic mass is 16.2. The first-order valence-corrected chi connectivity index (χ1v) is 7.78. The van der Waals surface area contributed by atoms with Crippen molar-refractivity contribution >= 4 is 23.3 Å². The van der Waals surface area contributed by atoms with Crippen LogP contribution in [0.5, 0.6) is 0 Å². The maximum Gasteiger partial charge on any atom is 0.255 e. The number of Topliss-reactive ketones (excluding diaryl/α,β-unsaturated/α-hetero) is 1. The summed E-state index contributed by atoms with van der Waals surface area (Å²) in [6.45, 7) is 3.61. The van der Waals surface area contributed by atoms with Gasteiger partial charge in [-0.1, -0.05) is 30.3 Å². The van der Waals surface area contributed by atoms with Gasteiger partial charge in [-0.3, -0.25) is 14.4 Å². The average Bonchev–Trinajstić information content (AvgIpc) is 2.91. The van der Waals surface area contributed by atoms with Crippen molar-refractivity contribution in [2.75, 3.05) is 5.32 Å². The van der Waals surface area contributed by atoms with Crippen LogP contribution in [0.3, 0.4) is 0 Å². The van der Waals surface area contributed by atoms with E-state index in [4.69, 9.17) is 0 Å². The minimum Gasteiger partial charge on any atom is -0.324 e. The maximum absolute atomic E-state index is 12.5. The second-order valence-electron chi connectivity index (χ2n) is 5.89. The van der Waals surface area contributed by atoms with Crippen LogP contribution >= 0.6 is 0 Å². The van der Waals surface area contributed by atoms with Crippen LogP contribution in [-0.4, -0.2) is 28.5 Å². The summed E-state index contributed by atoms with van der Waals surface area (Å²) in [6.07, 6.45) is 0. The standard InChI is InChI=1S/C19H18N2O3/c1-12(21-11-15-6-3-4-9-17(15)19(21)24)18(23)20-16-8-5-7-14(10-16)13(2)22/h3-10,12H,11H2,1-2H3,(H,20,23)/t12-/m1/s1. The molecule has 0 fully saturated rings. The van der Waals surface area contributed by atoms with E-state index in [1.165, 1.54) is 6.92 Å². The van der Waals surface area contributed by atoms with Crippen LogP contribution in [0.25, 0.3) is 0 Å². The second kappa shape index (κ2) is 6.28. The summed E-state index contributed by atoms with van der Waals surface area (Å²) in [5, 5.41) is 2.78. The molecule has 0 unspecified atom stereocenters. The zero-order chi connectivity index (χ0) is 17.3. The number of benzene rings is 2. The summed E-state index contributed by atoms with van der Waals surface area (Å²) < 4.78 is 0. The lowest BCUT2D eigenvalue weighted by Crippen LogP contribution is -2.42. The van der Waals surface area contributed by atoms with E-state index in [2.05, 4.69) is 5.32 Å². The molecule has 0 aliphatic carbocycles. The molecular weight excluding hydrogens is 304 g/mol. The number of hydrogen-bond acceptors (Lipinski definition) is 3. The predicted octanol–water partition coefficient (Wildman–Crippen LogP) is 2.87. The lowest BCUT2D eigenvalue weighted by atomic mass is 10.1. The number of nitrogens with one attached hydrogen (secondary N) is 1. The van der Waals surface area contributed by atoms with Crippen LogP contribution in [0.4, 0.5) is 5.69 Å². The number of rotatable bonds is 4. The lowest BCUT2D eigenvalue weighted by molar-refractivity contribution is -0.120. The number of ketones is 1. The van der Waals surface area contributed by atoms with Crippen molar-refractivity contribution in [3.05, 3.63) is 65.2 Å². The highest BCUT2D eigenvalue weighted by Gasteiger charge is 2.33. The smallest absolute Gasteiger partial charge is 0.255 e. The van der Waals surface area contributed by atoms with Crippen molar-refractivity contribution in [3.63, 3.8) is 0 Å². The number of fused-ring (bicyclic) bond motifs is 1. The van der Waals surface area contributed by atoms with Gasteiger partial charge in [-0.05, 0) is 37.6 Å². The topological polar surface area (TPSA) is 66.5 Å². The molecule has 24 heavy (non-hydrogen) atoms. The normalized spacial score (nSPS) is 14.2. The first kappa shape index (κ1) is 15.9. The number of anilines is 1. The Kier molecular flexibility index (Phi) is 4.16. The molecule has 2 aromatic carbocycles. The van der Waals surface area contributed by atoms with Crippen LogP contribution in [-0.2, 0) is 11.3 Å². The van der Waals surface area contributed by atoms with Crippen LogP contribution in [0, 0.1) is 0 Å². The van der Waals surface area contributed by atoms with Crippen molar-refractivity contribution in [1.29, 1.82) is 0 Å². The minimum absolute atomic E-state index is 0.0654. The lowest BCUT2D eigenvalue weighted by Gasteiger charge is -2.23. The zero-order valence-corrected chi connectivity index (χ0v) is 13.6. The maximum atomic E-state index is 12.5. The molecule has 0 saturated heterocycles. The van der Waals surface area contributed by atoms with E-state index < -0.39 is 6.04 Å². The Bertz CT molecular complexity index is 829. The van der Waals surface area contributed by atoms with Gasteiger partial charge >= 0.3 is 0 Å². The number of carbonyl (C=O) groups excluding carboxylic acids is 3. The van der Waals surface area contributed by atoms with Crippen LogP contribution in [0.1, 0.15) is 40.1 Å². The van der Waals surface area contributed by atoms with Crippen molar-refractivity contribution < 1.29 is 14.4 Å². The molecule has 122 valence electrons. The molecule has 0 bridgehead atoms. The molecule has 1 heterocycles. The number of nitrogens with zero attached hydrogens (tertiary/aromatic N) is 1.